The summed E-state index contributed by atoms with van der Waals surface area (Å²) in [6.45, 7) is 1.12. The second-order valence-corrected chi connectivity index (χ2v) is 5.52. The van der Waals surface area contributed by atoms with Crippen molar-refractivity contribution in [2.24, 2.45) is 0 Å². The number of hydrogen-bond acceptors (Lipinski definition) is 4. The Labute approximate surface area is 114 Å². The quantitative estimate of drug-likeness (QED) is 0.869. The Bertz CT molecular complexity index is 554. The monoisotopic (exact) mass is 280 g/mol. The Hall–Kier alpha value is -1.40. The van der Waals surface area contributed by atoms with Crippen molar-refractivity contribution in [2.45, 2.75) is 29.9 Å². The third kappa shape index (κ3) is 3.13. The molecule has 4 nitrogen and oxygen atoms in total. The lowest BCUT2D eigenvalue weighted by molar-refractivity contribution is -0.678. The largest absolute Gasteiger partial charge is 0.410 e. The molecule has 1 aliphatic rings. The van der Waals surface area contributed by atoms with Crippen molar-refractivity contribution in [1.29, 1.82) is 0 Å². The molecule has 1 aromatic carbocycles. The summed E-state index contributed by atoms with van der Waals surface area (Å²) in [7, 11) is 0. The van der Waals surface area contributed by atoms with Crippen LogP contribution >= 0.6 is 11.8 Å². The first-order valence-electron chi connectivity index (χ1n) is 6.35. The van der Waals surface area contributed by atoms with E-state index in [1.165, 1.54) is 30.3 Å². The SMILES string of the molecule is Fc1cccc(CSc2nnc([C@@H]3CCC[NH2+]3)o2)c1. The topological polar surface area (TPSA) is 55.5 Å². The van der Waals surface area contributed by atoms with Crippen LogP contribution in [0.1, 0.15) is 30.3 Å². The summed E-state index contributed by atoms with van der Waals surface area (Å²) < 4.78 is 18.7. The predicted molar refractivity (Wildman–Crippen MR) is 69.0 cm³/mol. The highest BCUT2D eigenvalue weighted by Crippen LogP contribution is 2.24. The summed E-state index contributed by atoms with van der Waals surface area (Å²) in [6.07, 6.45) is 2.29. The van der Waals surface area contributed by atoms with Gasteiger partial charge in [0.1, 0.15) is 5.82 Å². The van der Waals surface area contributed by atoms with E-state index in [1.54, 1.807) is 6.07 Å². The van der Waals surface area contributed by atoms with E-state index in [1.807, 2.05) is 6.07 Å². The fourth-order valence-corrected chi connectivity index (χ4v) is 2.91. The molecule has 1 fully saturated rings. The van der Waals surface area contributed by atoms with Gasteiger partial charge in [0.2, 0.25) is 0 Å². The molecule has 0 spiro atoms. The summed E-state index contributed by atoms with van der Waals surface area (Å²) in [5.74, 6) is 1.12. The number of nitrogens with two attached hydrogens (primary N) is 1. The fraction of sp³-hybridized carbons (Fsp3) is 0.385. The zero-order valence-corrected chi connectivity index (χ0v) is 11.2. The molecule has 3 rings (SSSR count). The Morgan fingerprint density at radius 3 is 3.16 bits per heavy atom. The minimum atomic E-state index is -0.218. The normalized spacial score (nSPS) is 18.9. The molecule has 0 aliphatic carbocycles. The first-order valence-corrected chi connectivity index (χ1v) is 7.34. The summed E-state index contributed by atoms with van der Waals surface area (Å²) >= 11 is 1.44. The number of rotatable bonds is 4. The van der Waals surface area contributed by atoms with Crippen molar-refractivity contribution in [3.63, 3.8) is 0 Å². The first kappa shape index (κ1) is 12.6. The average Bonchev–Trinajstić information content (AvgIpc) is 3.07. The van der Waals surface area contributed by atoms with Crippen molar-refractivity contribution in [2.75, 3.05) is 6.54 Å². The number of aromatic nitrogens is 2. The smallest absolute Gasteiger partial charge is 0.277 e. The van der Waals surface area contributed by atoms with Crippen LogP contribution in [0, 0.1) is 5.82 Å². The summed E-state index contributed by atoms with van der Waals surface area (Å²) in [4.78, 5) is 0. The number of benzene rings is 1. The second kappa shape index (κ2) is 5.71. The third-order valence-electron chi connectivity index (χ3n) is 3.16. The van der Waals surface area contributed by atoms with E-state index in [4.69, 9.17) is 4.42 Å². The first-order chi connectivity index (χ1) is 9.31. The maximum absolute atomic E-state index is 13.0. The summed E-state index contributed by atoms with van der Waals surface area (Å²) in [6, 6.07) is 6.87. The Kier molecular flexibility index (Phi) is 3.79. The van der Waals surface area contributed by atoms with Gasteiger partial charge in [-0.05, 0) is 17.7 Å². The van der Waals surface area contributed by atoms with Crippen molar-refractivity contribution in [1.82, 2.24) is 10.2 Å². The Balaban J connectivity index is 1.61. The number of halogens is 1. The number of thioether (sulfide) groups is 1. The van der Waals surface area contributed by atoms with Crippen LogP contribution < -0.4 is 5.32 Å². The molecule has 100 valence electrons. The van der Waals surface area contributed by atoms with Crippen molar-refractivity contribution >= 4 is 11.8 Å². The maximum Gasteiger partial charge on any atom is 0.277 e. The lowest BCUT2D eigenvalue weighted by Gasteiger charge is -1.99. The van der Waals surface area contributed by atoms with Crippen molar-refractivity contribution in [3.8, 4) is 0 Å². The van der Waals surface area contributed by atoms with E-state index in [2.05, 4.69) is 15.5 Å². The minimum absolute atomic E-state index is 0.218. The Morgan fingerprint density at radius 1 is 1.42 bits per heavy atom. The number of nitrogens with zero attached hydrogens (tertiary/aromatic N) is 2. The highest BCUT2D eigenvalue weighted by Gasteiger charge is 2.26. The van der Waals surface area contributed by atoms with Gasteiger partial charge < -0.3 is 9.73 Å². The van der Waals surface area contributed by atoms with Crippen LogP contribution in [-0.2, 0) is 5.75 Å². The summed E-state index contributed by atoms with van der Waals surface area (Å²) in [5, 5.41) is 10.9. The third-order valence-corrected chi connectivity index (χ3v) is 4.05. The highest BCUT2D eigenvalue weighted by atomic mass is 32.2. The van der Waals surface area contributed by atoms with Gasteiger partial charge in [0.15, 0.2) is 6.04 Å². The fourth-order valence-electron chi connectivity index (χ4n) is 2.20. The number of quaternary nitrogens is 1. The van der Waals surface area contributed by atoms with Crippen molar-refractivity contribution < 1.29 is 14.1 Å². The van der Waals surface area contributed by atoms with Gasteiger partial charge in [0, 0.05) is 18.6 Å². The molecule has 0 radical (unpaired) electrons. The minimum Gasteiger partial charge on any atom is -0.410 e. The van der Waals surface area contributed by atoms with Crippen LogP contribution in [-0.4, -0.2) is 16.7 Å². The van der Waals surface area contributed by atoms with E-state index in [0.29, 0.717) is 22.9 Å². The van der Waals surface area contributed by atoms with E-state index < -0.39 is 0 Å². The molecular formula is C13H15FN3OS+. The van der Waals surface area contributed by atoms with E-state index in [-0.39, 0.29) is 5.82 Å². The van der Waals surface area contributed by atoms with E-state index >= 15 is 0 Å². The van der Waals surface area contributed by atoms with Gasteiger partial charge in [-0.25, -0.2) is 4.39 Å². The molecule has 1 saturated heterocycles. The van der Waals surface area contributed by atoms with Gasteiger partial charge in [-0.15, -0.1) is 10.2 Å². The molecule has 2 heterocycles. The molecular weight excluding hydrogens is 265 g/mol. The molecule has 2 N–H and O–H groups in total. The average molecular weight is 280 g/mol. The molecule has 1 atom stereocenters. The van der Waals surface area contributed by atoms with Gasteiger partial charge in [-0.2, -0.15) is 0 Å². The van der Waals surface area contributed by atoms with Gasteiger partial charge in [0.25, 0.3) is 11.1 Å². The van der Waals surface area contributed by atoms with Crippen molar-refractivity contribution in [3.05, 3.63) is 41.5 Å². The summed E-state index contributed by atoms with van der Waals surface area (Å²) in [5.41, 5.74) is 0.914. The molecule has 1 aromatic heterocycles. The second-order valence-electron chi connectivity index (χ2n) is 4.60. The molecule has 19 heavy (non-hydrogen) atoms. The standard InChI is InChI=1S/C13H14FN3OS/c14-10-4-1-3-9(7-10)8-19-13-17-16-12(18-13)11-5-2-6-15-11/h1,3-4,7,11,15H,2,5-6,8H2/p+1/t11-/m0/s1. The zero-order valence-electron chi connectivity index (χ0n) is 10.4. The van der Waals surface area contributed by atoms with E-state index in [9.17, 15) is 4.39 Å². The van der Waals surface area contributed by atoms with Gasteiger partial charge in [-0.1, -0.05) is 23.9 Å². The van der Waals surface area contributed by atoms with Crippen LogP contribution in [0.5, 0.6) is 0 Å². The van der Waals surface area contributed by atoms with Gasteiger partial charge in [-0.3, -0.25) is 0 Å². The van der Waals surface area contributed by atoms with Crippen LogP contribution in [0.2, 0.25) is 0 Å². The Morgan fingerprint density at radius 2 is 2.37 bits per heavy atom. The molecule has 6 heteroatoms. The molecule has 0 amide bonds. The van der Waals surface area contributed by atoms with Crippen LogP contribution in [0.25, 0.3) is 0 Å². The molecule has 0 unspecified atom stereocenters. The van der Waals surface area contributed by atoms with Crippen LogP contribution in [0.4, 0.5) is 4.39 Å². The molecule has 2 aromatic rings. The van der Waals surface area contributed by atoms with Crippen LogP contribution in [0.15, 0.2) is 33.9 Å². The molecule has 1 aliphatic heterocycles. The molecule has 0 bridgehead atoms. The lowest BCUT2D eigenvalue weighted by Crippen LogP contribution is -2.81. The zero-order chi connectivity index (χ0) is 13.1. The lowest BCUT2D eigenvalue weighted by atomic mass is 10.2. The van der Waals surface area contributed by atoms with E-state index in [0.717, 1.165) is 18.5 Å². The highest BCUT2D eigenvalue weighted by molar-refractivity contribution is 7.98. The van der Waals surface area contributed by atoms with Crippen LogP contribution in [0.3, 0.4) is 0 Å². The predicted octanol–water partition coefficient (Wildman–Crippen LogP) is 1.90. The van der Waals surface area contributed by atoms with Gasteiger partial charge >= 0.3 is 0 Å². The molecule has 0 saturated carbocycles. The number of hydrogen-bond donors (Lipinski definition) is 1. The maximum atomic E-state index is 13.0. The van der Waals surface area contributed by atoms with Gasteiger partial charge in [0.05, 0.1) is 6.54 Å².